The van der Waals surface area contributed by atoms with Crippen LogP contribution in [-0.4, -0.2) is 41.9 Å². The SMILES string of the molecule is CCCCCCC/C=C\C/C=C\CCCCCCCCCCCC(=O)NC(CS(=O)(=O)O)C(O)CCCCCCCCCC. The van der Waals surface area contributed by atoms with E-state index in [1.807, 2.05) is 0 Å². The van der Waals surface area contributed by atoms with E-state index in [-0.39, 0.29) is 5.91 Å². The summed E-state index contributed by atoms with van der Waals surface area (Å²) in [6.07, 6.45) is 38.5. The maximum Gasteiger partial charge on any atom is 0.266 e. The zero-order chi connectivity index (χ0) is 32.6. The lowest BCUT2D eigenvalue weighted by atomic mass is 10.0. The van der Waals surface area contributed by atoms with E-state index >= 15 is 0 Å². The van der Waals surface area contributed by atoms with Crippen LogP contribution in [0, 0.1) is 0 Å². The van der Waals surface area contributed by atoms with Crippen LogP contribution < -0.4 is 5.32 Å². The third-order valence-electron chi connectivity index (χ3n) is 8.41. The van der Waals surface area contributed by atoms with Crippen molar-refractivity contribution in [3.63, 3.8) is 0 Å². The summed E-state index contributed by atoms with van der Waals surface area (Å²) in [4.78, 5) is 12.4. The van der Waals surface area contributed by atoms with Gasteiger partial charge in [-0.05, 0) is 44.9 Å². The van der Waals surface area contributed by atoms with E-state index in [9.17, 15) is 22.9 Å². The number of rotatable bonds is 33. The zero-order valence-corrected chi connectivity index (χ0v) is 29.6. The van der Waals surface area contributed by atoms with Crippen LogP contribution >= 0.6 is 0 Å². The Morgan fingerprint density at radius 1 is 0.614 bits per heavy atom. The van der Waals surface area contributed by atoms with Gasteiger partial charge in [-0.25, -0.2) is 0 Å². The Balaban J connectivity index is 3.81. The Hall–Kier alpha value is -1.18. The highest BCUT2D eigenvalue weighted by atomic mass is 32.2. The van der Waals surface area contributed by atoms with Gasteiger partial charge >= 0.3 is 0 Å². The van der Waals surface area contributed by atoms with E-state index in [0.717, 1.165) is 44.9 Å². The van der Waals surface area contributed by atoms with E-state index < -0.39 is 28.0 Å². The topological polar surface area (TPSA) is 104 Å². The number of allylic oxidation sites excluding steroid dienone is 4. The van der Waals surface area contributed by atoms with Gasteiger partial charge in [0.05, 0.1) is 17.9 Å². The normalized spacial score (nSPS) is 13.6. The molecular weight excluding hydrogens is 570 g/mol. The van der Waals surface area contributed by atoms with Crippen molar-refractivity contribution in [2.24, 2.45) is 0 Å². The van der Waals surface area contributed by atoms with Crippen LogP contribution in [0.2, 0.25) is 0 Å². The van der Waals surface area contributed by atoms with Crippen LogP contribution in [0.25, 0.3) is 0 Å². The largest absolute Gasteiger partial charge is 0.391 e. The van der Waals surface area contributed by atoms with Crippen LogP contribution in [0.5, 0.6) is 0 Å². The molecule has 0 aromatic rings. The highest BCUT2D eigenvalue weighted by molar-refractivity contribution is 7.85. The molecule has 0 spiro atoms. The molecule has 3 N–H and O–H groups in total. The molecule has 0 rings (SSSR count). The average Bonchev–Trinajstić information content (AvgIpc) is 2.98. The maximum atomic E-state index is 12.4. The molecular formula is C37H71NO5S. The summed E-state index contributed by atoms with van der Waals surface area (Å²) >= 11 is 0. The minimum atomic E-state index is -4.30. The van der Waals surface area contributed by atoms with Crippen molar-refractivity contribution in [2.45, 2.75) is 199 Å². The summed E-state index contributed by atoms with van der Waals surface area (Å²) < 4.78 is 32.3. The molecule has 7 heteroatoms. The van der Waals surface area contributed by atoms with Crippen LogP contribution in [0.4, 0.5) is 0 Å². The van der Waals surface area contributed by atoms with Crippen LogP contribution in [0.15, 0.2) is 24.3 Å². The van der Waals surface area contributed by atoms with Gasteiger partial charge in [0.15, 0.2) is 0 Å². The number of amides is 1. The number of aliphatic hydroxyl groups is 1. The van der Waals surface area contributed by atoms with Gasteiger partial charge in [0.2, 0.25) is 5.91 Å². The molecule has 0 aliphatic rings. The number of carbonyl (C=O) groups is 1. The second kappa shape index (κ2) is 31.8. The Kier molecular flexibility index (Phi) is 30.9. The fraction of sp³-hybridized carbons (Fsp3) is 0.865. The molecule has 44 heavy (non-hydrogen) atoms. The molecule has 0 aromatic carbocycles. The minimum Gasteiger partial charge on any atom is -0.391 e. The third-order valence-corrected chi connectivity index (χ3v) is 9.19. The molecule has 0 saturated carbocycles. The van der Waals surface area contributed by atoms with Gasteiger partial charge in [0, 0.05) is 6.42 Å². The van der Waals surface area contributed by atoms with Crippen molar-refractivity contribution in [1.29, 1.82) is 0 Å². The fourth-order valence-corrected chi connectivity index (χ4v) is 6.36. The van der Waals surface area contributed by atoms with Gasteiger partial charge in [0.25, 0.3) is 10.1 Å². The van der Waals surface area contributed by atoms with Crippen molar-refractivity contribution < 1.29 is 22.9 Å². The Morgan fingerprint density at radius 2 is 1.02 bits per heavy atom. The van der Waals surface area contributed by atoms with E-state index in [2.05, 4.69) is 43.5 Å². The number of aliphatic hydroxyl groups excluding tert-OH is 1. The molecule has 6 nitrogen and oxygen atoms in total. The van der Waals surface area contributed by atoms with E-state index in [0.29, 0.717) is 12.8 Å². The zero-order valence-electron chi connectivity index (χ0n) is 28.8. The molecule has 0 radical (unpaired) electrons. The van der Waals surface area contributed by atoms with Gasteiger partial charge in [-0.15, -0.1) is 0 Å². The van der Waals surface area contributed by atoms with Gasteiger partial charge in [-0.2, -0.15) is 8.42 Å². The molecule has 0 bridgehead atoms. The lowest BCUT2D eigenvalue weighted by Gasteiger charge is -2.23. The Labute approximate surface area is 273 Å². The molecule has 1 amide bonds. The van der Waals surface area contributed by atoms with E-state index in [1.165, 1.54) is 116 Å². The smallest absolute Gasteiger partial charge is 0.266 e. The summed E-state index contributed by atoms with van der Waals surface area (Å²) in [5.74, 6) is -0.902. The Morgan fingerprint density at radius 3 is 1.48 bits per heavy atom. The average molecular weight is 642 g/mol. The second-order valence-electron chi connectivity index (χ2n) is 12.9. The number of nitrogens with one attached hydrogen (secondary N) is 1. The predicted molar refractivity (Wildman–Crippen MR) is 189 cm³/mol. The number of carbonyl (C=O) groups excluding carboxylic acids is 1. The van der Waals surface area contributed by atoms with Crippen LogP contribution in [0.1, 0.15) is 187 Å². The van der Waals surface area contributed by atoms with E-state index in [4.69, 9.17) is 0 Å². The summed E-state index contributed by atoms with van der Waals surface area (Å²) in [5.41, 5.74) is 0. The lowest BCUT2D eigenvalue weighted by Crippen LogP contribution is -2.47. The standard InChI is InChI=1S/C37H71NO5S/c1-3-5-7-9-11-13-14-15-16-17-18-19-20-21-22-23-24-25-27-29-31-33-37(40)38-35(34-44(41,42)43)36(39)32-30-28-26-12-10-8-6-4-2/h14-15,17-18,35-36,39H,3-13,16,19-34H2,1-2H3,(H,38,40)(H,41,42,43)/b15-14-,18-17-. The molecule has 0 saturated heterocycles. The van der Waals surface area contributed by atoms with Gasteiger partial charge in [0.1, 0.15) is 0 Å². The van der Waals surface area contributed by atoms with Crippen molar-refractivity contribution >= 4 is 16.0 Å². The first-order chi connectivity index (χ1) is 21.3. The highest BCUT2D eigenvalue weighted by Crippen LogP contribution is 2.14. The number of hydrogen-bond acceptors (Lipinski definition) is 4. The molecule has 260 valence electrons. The van der Waals surface area contributed by atoms with Crippen molar-refractivity contribution in [3.05, 3.63) is 24.3 Å². The monoisotopic (exact) mass is 642 g/mol. The summed E-state index contributed by atoms with van der Waals surface area (Å²) in [6, 6.07) is -0.968. The third kappa shape index (κ3) is 32.2. The van der Waals surface area contributed by atoms with Crippen molar-refractivity contribution in [3.8, 4) is 0 Å². The molecule has 0 heterocycles. The van der Waals surface area contributed by atoms with E-state index in [1.54, 1.807) is 0 Å². The lowest BCUT2D eigenvalue weighted by molar-refractivity contribution is -0.122. The summed E-state index contributed by atoms with van der Waals surface area (Å²) in [7, 11) is -4.30. The van der Waals surface area contributed by atoms with Gasteiger partial charge in [-0.3, -0.25) is 9.35 Å². The van der Waals surface area contributed by atoms with Gasteiger partial charge < -0.3 is 10.4 Å². The van der Waals surface area contributed by atoms with Crippen molar-refractivity contribution in [1.82, 2.24) is 5.32 Å². The molecule has 0 aliphatic carbocycles. The molecule has 0 aromatic heterocycles. The summed E-state index contributed by atoms with van der Waals surface area (Å²) in [5, 5.41) is 13.2. The molecule has 2 atom stereocenters. The second-order valence-corrected chi connectivity index (χ2v) is 14.4. The number of hydrogen-bond donors (Lipinski definition) is 3. The first kappa shape index (κ1) is 42.8. The summed E-state index contributed by atoms with van der Waals surface area (Å²) in [6.45, 7) is 4.46. The number of unbranched alkanes of at least 4 members (excludes halogenated alkanes) is 21. The first-order valence-corrected chi connectivity index (χ1v) is 20.1. The van der Waals surface area contributed by atoms with Gasteiger partial charge in [-0.1, -0.05) is 160 Å². The quantitative estimate of drug-likeness (QED) is 0.0376. The van der Waals surface area contributed by atoms with Crippen LogP contribution in [0.3, 0.4) is 0 Å². The van der Waals surface area contributed by atoms with Crippen LogP contribution in [-0.2, 0) is 14.9 Å². The predicted octanol–water partition coefficient (Wildman–Crippen LogP) is 10.4. The fourth-order valence-electron chi connectivity index (χ4n) is 5.60. The first-order valence-electron chi connectivity index (χ1n) is 18.5. The minimum absolute atomic E-state index is 0.253. The molecule has 0 aliphatic heterocycles. The highest BCUT2D eigenvalue weighted by Gasteiger charge is 2.26. The molecule has 0 fully saturated rings. The van der Waals surface area contributed by atoms with Crippen molar-refractivity contribution in [2.75, 3.05) is 5.75 Å². The Bertz CT molecular complexity index is 796. The molecule has 2 unspecified atom stereocenters. The maximum absolute atomic E-state index is 12.4.